The van der Waals surface area contributed by atoms with Crippen LogP contribution in [0.25, 0.3) is 0 Å². The smallest absolute Gasteiger partial charge is 0.242 e. The molecular formula is C12H14ClN5O. The summed E-state index contributed by atoms with van der Waals surface area (Å²) < 4.78 is 1.37. The van der Waals surface area contributed by atoms with Crippen LogP contribution in [-0.4, -0.2) is 32.2 Å². The summed E-state index contributed by atoms with van der Waals surface area (Å²) in [6.07, 6.45) is 2.08. The number of halogens is 1. The van der Waals surface area contributed by atoms with Gasteiger partial charge in [-0.25, -0.2) is 4.68 Å². The van der Waals surface area contributed by atoms with E-state index < -0.39 is 0 Å². The van der Waals surface area contributed by atoms with Crippen LogP contribution in [0.1, 0.15) is 12.5 Å². The summed E-state index contributed by atoms with van der Waals surface area (Å²) in [5.41, 5.74) is 1.01. The van der Waals surface area contributed by atoms with E-state index in [9.17, 15) is 4.79 Å². The molecule has 0 bridgehead atoms. The second-order valence-electron chi connectivity index (χ2n) is 4.27. The van der Waals surface area contributed by atoms with Crippen molar-refractivity contribution < 1.29 is 4.79 Å². The summed E-state index contributed by atoms with van der Waals surface area (Å²) in [6, 6.07) is 7.59. The van der Waals surface area contributed by atoms with Gasteiger partial charge in [-0.2, -0.15) is 0 Å². The van der Waals surface area contributed by atoms with Gasteiger partial charge < -0.3 is 5.32 Å². The van der Waals surface area contributed by atoms with Gasteiger partial charge in [-0.3, -0.25) is 4.79 Å². The first kappa shape index (κ1) is 13.5. The lowest BCUT2D eigenvalue weighted by Gasteiger charge is -2.14. The number of hydrogen-bond donors (Lipinski definition) is 1. The van der Waals surface area contributed by atoms with Crippen LogP contribution in [0.4, 0.5) is 0 Å². The summed E-state index contributed by atoms with van der Waals surface area (Å²) in [7, 11) is 0. The number of carbonyl (C=O) groups is 1. The van der Waals surface area contributed by atoms with Crippen LogP contribution in [0, 0.1) is 0 Å². The predicted octanol–water partition coefficient (Wildman–Crippen LogP) is 1.07. The molecule has 0 radical (unpaired) electrons. The lowest BCUT2D eigenvalue weighted by molar-refractivity contribution is -0.122. The first-order chi connectivity index (χ1) is 9.15. The topological polar surface area (TPSA) is 72.7 Å². The van der Waals surface area contributed by atoms with Gasteiger partial charge in [-0.05, 0) is 35.4 Å². The van der Waals surface area contributed by atoms with Crippen molar-refractivity contribution in [3.05, 3.63) is 41.2 Å². The molecule has 1 unspecified atom stereocenters. The number of carbonyl (C=O) groups excluding carboxylic acids is 1. The molecule has 6 nitrogen and oxygen atoms in total. The normalized spacial score (nSPS) is 12.1. The Labute approximate surface area is 115 Å². The highest BCUT2D eigenvalue weighted by Crippen LogP contribution is 2.16. The van der Waals surface area contributed by atoms with Crippen LogP contribution >= 0.6 is 11.6 Å². The monoisotopic (exact) mass is 279 g/mol. The zero-order chi connectivity index (χ0) is 13.7. The predicted molar refractivity (Wildman–Crippen MR) is 70.6 cm³/mol. The summed E-state index contributed by atoms with van der Waals surface area (Å²) in [5, 5.41) is 14.2. The van der Waals surface area contributed by atoms with E-state index in [1.165, 1.54) is 11.0 Å². The third-order valence-corrected chi connectivity index (χ3v) is 2.96. The fourth-order valence-electron chi connectivity index (χ4n) is 1.77. The lowest BCUT2D eigenvalue weighted by Crippen LogP contribution is -2.36. The molecule has 1 atom stereocenters. The molecule has 0 aliphatic heterocycles. The summed E-state index contributed by atoms with van der Waals surface area (Å²) in [5.74, 6) is -0.133. The molecule has 1 heterocycles. The molecule has 1 amide bonds. The van der Waals surface area contributed by atoms with Crippen molar-refractivity contribution in [2.24, 2.45) is 0 Å². The molecule has 0 saturated heterocycles. The van der Waals surface area contributed by atoms with Crippen LogP contribution in [0.15, 0.2) is 30.6 Å². The second-order valence-corrected chi connectivity index (χ2v) is 4.68. The van der Waals surface area contributed by atoms with E-state index in [4.69, 9.17) is 11.6 Å². The summed E-state index contributed by atoms with van der Waals surface area (Å²) in [6.45, 7) is 2.04. The third-order valence-electron chi connectivity index (χ3n) is 2.59. The highest BCUT2D eigenvalue weighted by atomic mass is 35.5. The minimum Gasteiger partial charge on any atom is -0.352 e. The molecule has 0 aliphatic carbocycles. The zero-order valence-corrected chi connectivity index (χ0v) is 11.2. The van der Waals surface area contributed by atoms with Crippen molar-refractivity contribution in [1.29, 1.82) is 0 Å². The van der Waals surface area contributed by atoms with Crippen molar-refractivity contribution in [1.82, 2.24) is 25.5 Å². The van der Waals surface area contributed by atoms with Gasteiger partial charge >= 0.3 is 0 Å². The van der Waals surface area contributed by atoms with Crippen LogP contribution in [0.5, 0.6) is 0 Å². The zero-order valence-electron chi connectivity index (χ0n) is 10.5. The maximum Gasteiger partial charge on any atom is 0.242 e. The number of amides is 1. The van der Waals surface area contributed by atoms with Crippen LogP contribution in [0.2, 0.25) is 5.02 Å². The Kier molecular flexibility index (Phi) is 4.46. The van der Waals surface area contributed by atoms with Gasteiger partial charge in [-0.1, -0.05) is 29.8 Å². The first-order valence-corrected chi connectivity index (χ1v) is 6.26. The first-order valence-electron chi connectivity index (χ1n) is 5.88. The Bertz CT molecular complexity index is 543. The van der Waals surface area contributed by atoms with Gasteiger partial charge in [0, 0.05) is 11.1 Å². The van der Waals surface area contributed by atoms with E-state index >= 15 is 0 Å². The molecule has 0 aliphatic rings. The van der Waals surface area contributed by atoms with Crippen LogP contribution in [0.3, 0.4) is 0 Å². The van der Waals surface area contributed by atoms with Gasteiger partial charge in [-0.15, -0.1) is 5.10 Å². The average molecular weight is 280 g/mol. The molecule has 2 rings (SSSR count). The minimum absolute atomic E-state index is 0.0103. The largest absolute Gasteiger partial charge is 0.352 e. The lowest BCUT2D eigenvalue weighted by atomic mass is 10.1. The van der Waals surface area contributed by atoms with Crippen molar-refractivity contribution >= 4 is 17.5 Å². The molecule has 0 fully saturated rings. The van der Waals surface area contributed by atoms with E-state index in [1.807, 2.05) is 31.2 Å². The Morgan fingerprint density at radius 3 is 2.95 bits per heavy atom. The third kappa shape index (κ3) is 4.03. The molecular weight excluding hydrogens is 266 g/mol. The van der Waals surface area contributed by atoms with Gasteiger partial charge in [0.2, 0.25) is 5.91 Å². The molecule has 0 spiro atoms. The molecule has 100 valence electrons. The molecule has 19 heavy (non-hydrogen) atoms. The summed E-state index contributed by atoms with van der Waals surface area (Å²) >= 11 is 6.08. The number of tetrazole rings is 1. The van der Waals surface area contributed by atoms with Gasteiger partial charge in [0.05, 0.1) is 0 Å². The minimum atomic E-state index is -0.133. The average Bonchev–Trinajstić information content (AvgIpc) is 2.84. The van der Waals surface area contributed by atoms with E-state index in [2.05, 4.69) is 20.8 Å². The van der Waals surface area contributed by atoms with E-state index in [0.29, 0.717) is 11.4 Å². The fraction of sp³-hybridized carbons (Fsp3) is 0.333. The molecule has 1 aromatic heterocycles. The Balaban J connectivity index is 1.86. The van der Waals surface area contributed by atoms with E-state index in [-0.39, 0.29) is 18.5 Å². The number of aromatic nitrogens is 4. The van der Waals surface area contributed by atoms with Crippen LogP contribution < -0.4 is 5.32 Å². The quantitative estimate of drug-likeness (QED) is 0.889. The Morgan fingerprint density at radius 1 is 1.47 bits per heavy atom. The van der Waals surface area contributed by atoms with Crippen molar-refractivity contribution in [3.63, 3.8) is 0 Å². The highest BCUT2D eigenvalue weighted by Gasteiger charge is 2.10. The number of hydrogen-bond acceptors (Lipinski definition) is 4. The van der Waals surface area contributed by atoms with Gasteiger partial charge in [0.15, 0.2) is 0 Å². The standard InChI is InChI=1S/C12H14ClN5O/c1-9(6-10-4-2-3-5-11(10)13)15-12(19)7-18-8-14-16-17-18/h2-5,8-9H,6-7H2,1H3,(H,15,19). The van der Waals surface area contributed by atoms with Crippen molar-refractivity contribution in [2.75, 3.05) is 0 Å². The van der Waals surface area contributed by atoms with Crippen molar-refractivity contribution in [3.8, 4) is 0 Å². The Morgan fingerprint density at radius 2 is 2.26 bits per heavy atom. The van der Waals surface area contributed by atoms with Gasteiger partial charge in [0.25, 0.3) is 0 Å². The maximum absolute atomic E-state index is 11.7. The van der Waals surface area contributed by atoms with Crippen LogP contribution in [-0.2, 0) is 17.8 Å². The second kappa shape index (κ2) is 6.29. The van der Waals surface area contributed by atoms with Crippen molar-refractivity contribution in [2.45, 2.75) is 25.9 Å². The number of benzene rings is 1. The molecule has 1 N–H and O–H groups in total. The van der Waals surface area contributed by atoms with Gasteiger partial charge in [0.1, 0.15) is 12.9 Å². The molecule has 0 saturated carbocycles. The fourth-order valence-corrected chi connectivity index (χ4v) is 1.98. The number of rotatable bonds is 5. The summed E-state index contributed by atoms with van der Waals surface area (Å²) in [4.78, 5) is 11.7. The number of nitrogens with one attached hydrogen (secondary N) is 1. The molecule has 7 heteroatoms. The molecule has 2 aromatic rings. The highest BCUT2D eigenvalue weighted by molar-refractivity contribution is 6.31. The number of nitrogens with zero attached hydrogens (tertiary/aromatic N) is 4. The molecule has 1 aromatic carbocycles. The van der Waals surface area contributed by atoms with E-state index in [1.54, 1.807) is 0 Å². The maximum atomic E-state index is 11.7. The van der Waals surface area contributed by atoms with E-state index in [0.717, 1.165) is 5.56 Å². The Hall–Kier alpha value is -1.95. The SMILES string of the molecule is CC(Cc1ccccc1Cl)NC(=O)Cn1cnnn1.